The van der Waals surface area contributed by atoms with Crippen molar-refractivity contribution in [1.29, 1.82) is 0 Å². The second-order valence-corrected chi connectivity index (χ2v) is 3.90. The van der Waals surface area contributed by atoms with Crippen LogP contribution in [0, 0.1) is 30.2 Å². The molecule has 0 radical (unpaired) electrons. The Kier molecular flexibility index (Phi) is 2.66. The minimum Gasteiger partial charge on any atom is -0.282 e. The molecule has 0 saturated heterocycles. The van der Waals surface area contributed by atoms with Gasteiger partial charge in [-0.2, -0.15) is 15.3 Å². The summed E-state index contributed by atoms with van der Waals surface area (Å²) in [6, 6.07) is 0. The van der Waals surface area contributed by atoms with Crippen LogP contribution in [-0.4, -0.2) is 13.0 Å². The second-order valence-electron chi connectivity index (χ2n) is 2.54. The fraction of sp³-hybridized carbons (Fsp3) is 0. The number of halogens is 4. The van der Waals surface area contributed by atoms with Gasteiger partial charge in [-0.3, -0.25) is 13.3 Å². The molecule has 0 heterocycles. The maximum absolute atomic E-state index is 12.8. The Morgan fingerprint density at radius 2 is 1.27 bits per heavy atom. The molecular weight excluding hydrogens is 240 g/mol. The van der Waals surface area contributed by atoms with Crippen molar-refractivity contribution in [1.82, 2.24) is 0 Å². The monoisotopic (exact) mass is 243 g/mol. The number of hydrogen-bond donors (Lipinski definition) is 1. The lowest BCUT2D eigenvalue weighted by Gasteiger charge is -2.13. The molecule has 1 aromatic rings. The van der Waals surface area contributed by atoms with Crippen LogP contribution >= 0.6 is 0 Å². The Balaban J connectivity index is 3.84. The van der Waals surface area contributed by atoms with Crippen LogP contribution in [-0.2, 0) is 10.1 Å². The van der Waals surface area contributed by atoms with Gasteiger partial charge in [0.1, 0.15) is 16.5 Å². The van der Waals surface area contributed by atoms with E-state index in [4.69, 9.17) is 4.55 Å². The molecular formula is C7H3F4O3S-. The first-order chi connectivity index (χ1) is 6.68. The quantitative estimate of drug-likeness (QED) is 0.353. The van der Waals surface area contributed by atoms with Gasteiger partial charge in [-0.05, 0) is 0 Å². The molecule has 1 N–H and O–H groups in total. The van der Waals surface area contributed by atoms with Crippen LogP contribution in [0.3, 0.4) is 0 Å². The fourth-order valence-electron chi connectivity index (χ4n) is 0.883. The molecule has 0 unspecified atom stereocenters. The number of hydrogen-bond acceptors (Lipinski definition) is 2. The van der Waals surface area contributed by atoms with E-state index < -0.39 is 43.8 Å². The van der Waals surface area contributed by atoms with Gasteiger partial charge in [-0.25, -0.2) is 8.78 Å². The lowest BCUT2D eigenvalue weighted by molar-refractivity contribution is 0.400. The zero-order valence-electron chi connectivity index (χ0n) is 6.89. The summed E-state index contributed by atoms with van der Waals surface area (Å²) >= 11 is 0. The van der Waals surface area contributed by atoms with Gasteiger partial charge in [0.05, 0.1) is 11.6 Å². The molecule has 3 nitrogen and oxygen atoms in total. The van der Waals surface area contributed by atoms with Gasteiger partial charge < -0.3 is 0 Å². The summed E-state index contributed by atoms with van der Waals surface area (Å²) in [5, 5.41) is 0. The van der Waals surface area contributed by atoms with Crippen molar-refractivity contribution >= 4 is 10.1 Å². The molecule has 0 aliphatic rings. The highest BCUT2D eigenvalue weighted by atomic mass is 32.2. The third kappa shape index (κ3) is 1.77. The van der Waals surface area contributed by atoms with E-state index >= 15 is 0 Å². The van der Waals surface area contributed by atoms with E-state index in [1.165, 1.54) is 0 Å². The van der Waals surface area contributed by atoms with Crippen LogP contribution in [0.15, 0.2) is 4.90 Å². The Bertz CT molecular complexity index is 495. The minimum atomic E-state index is -5.38. The Morgan fingerprint density at radius 3 is 1.53 bits per heavy atom. The summed E-state index contributed by atoms with van der Waals surface area (Å²) in [5.41, 5.74) is -1.25. The smallest absolute Gasteiger partial charge is 0.282 e. The average molecular weight is 243 g/mol. The Labute approximate surface area is 82.1 Å². The summed E-state index contributed by atoms with van der Waals surface area (Å²) < 4.78 is 80.3. The van der Waals surface area contributed by atoms with E-state index in [2.05, 4.69) is 6.92 Å². The van der Waals surface area contributed by atoms with Crippen molar-refractivity contribution in [2.24, 2.45) is 0 Å². The molecule has 0 aromatic heterocycles. The van der Waals surface area contributed by atoms with E-state index in [9.17, 15) is 26.0 Å². The van der Waals surface area contributed by atoms with Crippen molar-refractivity contribution in [2.75, 3.05) is 0 Å². The summed E-state index contributed by atoms with van der Waals surface area (Å²) in [6.45, 7) is 2.66. The first-order valence-electron chi connectivity index (χ1n) is 3.33. The molecule has 0 amide bonds. The SMILES string of the molecule is [CH2-]c1c(F)c(F)c(S(=O)(=O)O)c(F)c1F. The first-order valence-corrected chi connectivity index (χ1v) is 4.77. The standard InChI is InChI=1S/C7H3F4O3S/c1-2-3(8)5(10)7(15(12,13)14)6(11)4(2)9/h1H2,(H,12,13,14)/q-1. The molecule has 0 atom stereocenters. The average Bonchev–Trinajstić information content (AvgIpc) is 2.09. The second kappa shape index (κ2) is 3.38. The molecule has 8 heteroatoms. The maximum atomic E-state index is 12.8. The highest BCUT2D eigenvalue weighted by Crippen LogP contribution is 2.26. The third-order valence-electron chi connectivity index (χ3n) is 1.57. The van der Waals surface area contributed by atoms with Gasteiger partial charge >= 0.3 is 0 Å². The zero-order valence-corrected chi connectivity index (χ0v) is 7.71. The van der Waals surface area contributed by atoms with Gasteiger partial charge in [0.15, 0.2) is 0 Å². The van der Waals surface area contributed by atoms with E-state index in [1.807, 2.05) is 0 Å². The van der Waals surface area contributed by atoms with E-state index in [0.717, 1.165) is 0 Å². The molecule has 0 spiro atoms. The molecule has 1 aromatic carbocycles. The van der Waals surface area contributed by atoms with Gasteiger partial charge in [0, 0.05) is 0 Å². The highest BCUT2D eigenvalue weighted by molar-refractivity contribution is 7.85. The van der Waals surface area contributed by atoms with Gasteiger partial charge in [0.25, 0.3) is 10.1 Å². The van der Waals surface area contributed by atoms with Gasteiger partial charge in [0.2, 0.25) is 0 Å². The lowest BCUT2D eigenvalue weighted by atomic mass is 10.2. The van der Waals surface area contributed by atoms with Gasteiger partial charge in [-0.1, -0.05) is 0 Å². The summed E-state index contributed by atoms with van der Waals surface area (Å²) in [7, 11) is -5.38. The van der Waals surface area contributed by atoms with Crippen molar-refractivity contribution in [2.45, 2.75) is 4.90 Å². The predicted octanol–water partition coefficient (Wildman–Crippen LogP) is 1.67. The molecule has 15 heavy (non-hydrogen) atoms. The summed E-state index contributed by atoms with van der Waals surface area (Å²) in [6.07, 6.45) is 0. The highest BCUT2D eigenvalue weighted by Gasteiger charge is 2.25. The third-order valence-corrected chi connectivity index (χ3v) is 2.45. The molecule has 0 aliphatic carbocycles. The normalized spacial score (nSPS) is 11.8. The summed E-state index contributed by atoms with van der Waals surface area (Å²) in [5.74, 6) is -8.36. The van der Waals surface area contributed by atoms with Crippen LogP contribution in [0.5, 0.6) is 0 Å². The molecule has 0 aliphatic heterocycles. The van der Waals surface area contributed by atoms with E-state index in [-0.39, 0.29) is 0 Å². The van der Waals surface area contributed by atoms with Crippen LogP contribution in [0.4, 0.5) is 17.6 Å². The number of benzene rings is 1. The minimum absolute atomic E-state index is 1.25. The topological polar surface area (TPSA) is 54.4 Å². The van der Waals surface area contributed by atoms with Crippen molar-refractivity contribution in [3.63, 3.8) is 0 Å². The van der Waals surface area contributed by atoms with Crippen LogP contribution in [0.25, 0.3) is 0 Å². The Morgan fingerprint density at radius 1 is 0.933 bits per heavy atom. The number of rotatable bonds is 1. The zero-order chi connectivity index (χ0) is 12.0. The molecule has 0 saturated carbocycles. The Hall–Kier alpha value is -1.28. The molecule has 1 rings (SSSR count). The summed E-state index contributed by atoms with van der Waals surface area (Å²) in [4.78, 5) is -2.06. The predicted molar refractivity (Wildman–Crippen MR) is 40.5 cm³/mol. The van der Waals surface area contributed by atoms with E-state index in [1.54, 1.807) is 0 Å². The fourth-order valence-corrected chi connectivity index (χ4v) is 1.52. The molecule has 0 bridgehead atoms. The first kappa shape index (κ1) is 11.8. The van der Waals surface area contributed by atoms with Crippen molar-refractivity contribution in [3.8, 4) is 0 Å². The van der Waals surface area contributed by atoms with Crippen LogP contribution in [0.2, 0.25) is 0 Å². The van der Waals surface area contributed by atoms with Crippen LogP contribution < -0.4 is 0 Å². The van der Waals surface area contributed by atoms with Crippen molar-refractivity contribution in [3.05, 3.63) is 35.8 Å². The van der Waals surface area contributed by atoms with Crippen molar-refractivity contribution < 1.29 is 30.5 Å². The maximum Gasteiger partial charge on any atom is 0.298 e. The lowest BCUT2D eigenvalue weighted by Crippen LogP contribution is -2.11. The largest absolute Gasteiger partial charge is 0.298 e. The van der Waals surface area contributed by atoms with Gasteiger partial charge in [-0.15, -0.1) is 5.56 Å². The molecule has 84 valence electrons. The van der Waals surface area contributed by atoms with Crippen LogP contribution in [0.1, 0.15) is 5.56 Å². The van der Waals surface area contributed by atoms with E-state index in [0.29, 0.717) is 0 Å². The molecule has 0 fully saturated rings.